The third-order valence-electron chi connectivity index (χ3n) is 5.76. The van der Waals surface area contributed by atoms with Crippen LogP contribution in [-0.2, 0) is 6.54 Å². The largest absolute Gasteiger partial charge is 0.371 e. The molecule has 1 aromatic carbocycles. The van der Waals surface area contributed by atoms with Crippen LogP contribution in [0.2, 0.25) is 5.15 Å². The molecule has 158 valence electrons. The van der Waals surface area contributed by atoms with E-state index >= 15 is 0 Å². The van der Waals surface area contributed by atoms with Crippen molar-refractivity contribution in [1.29, 1.82) is 0 Å². The van der Waals surface area contributed by atoms with Crippen molar-refractivity contribution >= 4 is 39.7 Å². The fourth-order valence-electron chi connectivity index (χ4n) is 4.15. The second-order valence-electron chi connectivity index (χ2n) is 7.88. The topological polar surface area (TPSA) is 63.1 Å². The molecule has 3 heterocycles. The van der Waals surface area contributed by atoms with E-state index in [1.54, 1.807) is 10.9 Å². The van der Waals surface area contributed by atoms with Crippen molar-refractivity contribution in [3.63, 3.8) is 0 Å². The number of nitrogens with one attached hydrogen (secondary N) is 1. The Balaban J connectivity index is 1.65. The number of fused-ring (bicyclic) bond motifs is 1. The Bertz CT molecular complexity index is 1060. The van der Waals surface area contributed by atoms with Gasteiger partial charge in [0.25, 0.3) is 5.91 Å². The highest BCUT2D eigenvalue weighted by Crippen LogP contribution is 2.34. The number of piperidine rings is 1. The first-order valence-electron chi connectivity index (χ1n) is 10.8. The number of rotatable bonds is 6. The van der Waals surface area contributed by atoms with Gasteiger partial charge in [0.05, 0.1) is 16.9 Å². The number of nitrogens with zero attached hydrogens (tertiary/aromatic N) is 4. The molecule has 0 saturated carbocycles. The molecule has 0 unspecified atom stereocenters. The molecule has 1 saturated heterocycles. The standard InChI is InChI=1S/C23H28ClN5O/c1-3-4-14-29-22(24)21(16(2)27-29)23(30)26-19-8-9-20(28-12-6-5-7-13-28)17-10-11-25-15-18(17)19/h8-11,15H,3-7,12-14H2,1-2H3,(H,26,30). The molecule has 0 atom stereocenters. The van der Waals surface area contributed by atoms with Gasteiger partial charge in [0.1, 0.15) is 5.15 Å². The number of carbonyl (C=O) groups excluding carboxylic acids is 1. The number of halogens is 1. The van der Waals surface area contributed by atoms with Crippen molar-refractivity contribution in [2.24, 2.45) is 0 Å². The normalized spacial score (nSPS) is 14.3. The molecular formula is C23H28ClN5O. The first kappa shape index (κ1) is 20.7. The van der Waals surface area contributed by atoms with Gasteiger partial charge in [-0.2, -0.15) is 5.10 Å². The van der Waals surface area contributed by atoms with E-state index in [2.05, 4.69) is 33.3 Å². The van der Waals surface area contributed by atoms with Crippen molar-refractivity contribution in [2.45, 2.75) is 52.5 Å². The molecule has 30 heavy (non-hydrogen) atoms. The Kier molecular flexibility index (Phi) is 6.23. The molecule has 1 fully saturated rings. The Labute approximate surface area is 182 Å². The molecule has 0 spiro atoms. The van der Waals surface area contributed by atoms with Crippen LogP contribution in [0.1, 0.15) is 55.1 Å². The lowest BCUT2D eigenvalue weighted by molar-refractivity contribution is 0.102. The SMILES string of the molecule is CCCCn1nc(C)c(C(=O)Nc2ccc(N3CCCCC3)c3ccncc23)c1Cl. The third-order valence-corrected chi connectivity index (χ3v) is 6.14. The maximum atomic E-state index is 13.1. The van der Waals surface area contributed by atoms with Crippen LogP contribution >= 0.6 is 11.6 Å². The summed E-state index contributed by atoms with van der Waals surface area (Å²) < 4.78 is 1.72. The van der Waals surface area contributed by atoms with Crippen molar-refractivity contribution in [2.75, 3.05) is 23.3 Å². The number of unbranched alkanes of at least 4 members (excludes halogenated alkanes) is 1. The predicted molar refractivity (Wildman–Crippen MR) is 123 cm³/mol. The zero-order valence-electron chi connectivity index (χ0n) is 17.6. The van der Waals surface area contributed by atoms with Crippen LogP contribution in [0.25, 0.3) is 10.8 Å². The average Bonchev–Trinajstić information content (AvgIpc) is 3.06. The maximum Gasteiger partial charge on any atom is 0.260 e. The molecule has 0 bridgehead atoms. The summed E-state index contributed by atoms with van der Waals surface area (Å²) in [5.41, 5.74) is 3.01. The highest BCUT2D eigenvalue weighted by Gasteiger charge is 2.22. The van der Waals surface area contributed by atoms with Crippen molar-refractivity contribution in [3.05, 3.63) is 47.0 Å². The third kappa shape index (κ3) is 4.01. The number of anilines is 2. The van der Waals surface area contributed by atoms with Gasteiger partial charge >= 0.3 is 0 Å². The van der Waals surface area contributed by atoms with E-state index in [1.165, 1.54) is 24.9 Å². The van der Waals surface area contributed by atoms with Gasteiger partial charge in [0.2, 0.25) is 0 Å². The number of hydrogen-bond acceptors (Lipinski definition) is 4. The van der Waals surface area contributed by atoms with Crippen LogP contribution in [-0.4, -0.2) is 33.8 Å². The summed E-state index contributed by atoms with van der Waals surface area (Å²) in [5, 5.41) is 9.93. The van der Waals surface area contributed by atoms with E-state index in [-0.39, 0.29) is 5.91 Å². The van der Waals surface area contributed by atoms with E-state index in [9.17, 15) is 4.79 Å². The van der Waals surface area contributed by atoms with Crippen molar-refractivity contribution in [3.8, 4) is 0 Å². The van der Waals surface area contributed by atoms with E-state index in [4.69, 9.17) is 11.6 Å². The fraction of sp³-hybridized carbons (Fsp3) is 0.435. The van der Waals surface area contributed by atoms with E-state index in [0.717, 1.165) is 42.4 Å². The minimum absolute atomic E-state index is 0.240. The van der Waals surface area contributed by atoms with Crippen LogP contribution in [0, 0.1) is 6.92 Å². The van der Waals surface area contributed by atoms with Gasteiger partial charge in [-0.1, -0.05) is 24.9 Å². The van der Waals surface area contributed by atoms with Crippen molar-refractivity contribution < 1.29 is 4.79 Å². The summed E-state index contributed by atoms with van der Waals surface area (Å²) in [4.78, 5) is 19.8. The van der Waals surface area contributed by atoms with Gasteiger partial charge in [-0.25, -0.2) is 0 Å². The summed E-state index contributed by atoms with van der Waals surface area (Å²) >= 11 is 6.49. The molecule has 0 radical (unpaired) electrons. The average molecular weight is 426 g/mol. The molecule has 2 aromatic heterocycles. The number of aromatic nitrogens is 3. The second-order valence-corrected chi connectivity index (χ2v) is 8.24. The highest BCUT2D eigenvalue weighted by atomic mass is 35.5. The number of pyridine rings is 1. The van der Waals surface area contributed by atoms with E-state index in [0.29, 0.717) is 23.0 Å². The molecule has 4 rings (SSSR count). The molecule has 1 amide bonds. The quantitative estimate of drug-likeness (QED) is 0.571. The fourth-order valence-corrected chi connectivity index (χ4v) is 4.49. The number of benzene rings is 1. The first-order valence-corrected chi connectivity index (χ1v) is 11.1. The zero-order valence-corrected chi connectivity index (χ0v) is 18.4. The van der Waals surface area contributed by atoms with Gasteiger partial charge in [-0.3, -0.25) is 14.5 Å². The zero-order chi connectivity index (χ0) is 21.1. The minimum Gasteiger partial charge on any atom is -0.371 e. The Morgan fingerprint density at radius 2 is 1.97 bits per heavy atom. The molecular weight excluding hydrogens is 398 g/mol. The van der Waals surface area contributed by atoms with E-state index < -0.39 is 0 Å². The molecule has 1 aliphatic heterocycles. The van der Waals surface area contributed by atoms with Crippen LogP contribution in [0.4, 0.5) is 11.4 Å². The lowest BCUT2D eigenvalue weighted by Crippen LogP contribution is -2.29. The van der Waals surface area contributed by atoms with Crippen LogP contribution < -0.4 is 10.2 Å². The summed E-state index contributed by atoms with van der Waals surface area (Å²) in [7, 11) is 0. The van der Waals surface area contributed by atoms with Gasteiger partial charge in [0.15, 0.2) is 0 Å². The first-order chi connectivity index (χ1) is 14.6. The lowest BCUT2D eigenvalue weighted by atomic mass is 10.0. The van der Waals surface area contributed by atoms with Gasteiger partial charge in [-0.15, -0.1) is 0 Å². The van der Waals surface area contributed by atoms with Crippen LogP contribution in [0.15, 0.2) is 30.6 Å². The maximum absolute atomic E-state index is 13.1. The van der Waals surface area contributed by atoms with E-state index in [1.807, 2.05) is 25.3 Å². The summed E-state index contributed by atoms with van der Waals surface area (Å²) in [6.07, 6.45) is 9.35. The number of aryl methyl sites for hydroxylation is 2. The highest BCUT2D eigenvalue weighted by molar-refractivity contribution is 6.33. The monoisotopic (exact) mass is 425 g/mol. The molecule has 7 heteroatoms. The second kappa shape index (κ2) is 9.04. The Morgan fingerprint density at radius 3 is 2.73 bits per heavy atom. The van der Waals surface area contributed by atoms with Crippen LogP contribution in [0.5, 0.6) is 0 Å². The number of hydrogen-bond donors (Lipinski definition) is 1. The summed E-state index contributed by atoms with van der Waals surface area (Å²) in [5.74, 6) is -0.240. The summed E-state index contributed by atoms with van der Waals surface area (Å²) in [6.45, 7) is 6.78. The smallest absolute Gasteiger partial charge is 0.260 e. The lowest BCUT2D eigenvalue weighted by Gasteiger charge is -2.30. The Hall–Kier alpha value is -2.60. The van der Waals surface area contributed by atoms with Crippen molar-refractivity contribution in [1.82, 2.24) is 14.8 Å². The van der Waals surface area contributed by atoms with Gasteiger partial charge in [-0.05, 0) is 50.8 Å². The molecule has 1 N–H and O–H groups in total. The van der Waals surface area contributed by atoms with Gasteiger partial charge in [0, 0.05) is 48.5 Å². The van der Waals surface area contributed by atoms with Gasteiger partial charge < -0.3 is 10.2 Å². The molecule has 1 aliphatic rings. The predicted octanol–water partition coefficient (Wildman–Crippen LogP) is 5.44. The molecule has 0 aliphatic carbocycles. The number of amides is 1. The summed E-state index contributed by atoms with van der Waals surface area (Å²) in [6, 6.07) is 6.09. The number of carbonyl (C=O) groups is 1. The minimum atomic E-state index is -0.240. The Morgan fingerprint density at radius 1 is 1.17 bits per heavy atom. The van der Waals surface area contributed by atoms with Crippen LogP contribution in [0.3, 0.4) is 0 Å². The molecule has 6 nitrogen and oxygen atoms in total. The molecule has 3 aromatic rings.